The molecule has 3 aromatic rings. The number of carbonyl (C=O) groups is 3. The molecule has 1 aliphatic heterocycles. The number of carbonyl (C=O) groups excluding carboxylic acids is 2. The topological polar surface area (TPSA) is 154 Å². The zero-order valence-electron chi connectivity index (χ0n) is 18.3. The maximum absolute atomic E-state index is 13.2. The number of aromatic amines is 1. The number of hydrogen-bond acceptors (Lipinski definition) is 6. The molecule has 34 heavy (non-hydrogen) atoms. The molecule has 11 heteroatoms. The highest BCUT2D eigenvalue weighted by atomic mass is 16.4. The fraction of sp³-hybridized carbons (Fsp3) is 0.0870. The number of rotatable bonds is 4. The predicted octanol–water partition coefficient (Wildman–Crippen LogP) is 2.14. The van der Waals surface area contributed by atoms with E-state index in [0.717, 1.165) is 10.4 Å². The normalized spacial score (nSPS) is 14.3. The third-order valence-corrected chi connectivity index (χ3v) is 5.29. The Morgan fingerprint density at radius 1 is 1.06 bits per heavy atom. The molecule has 0 atom stereocenters. The van der Waals surface area contributed by atoms with E-state index in [-0.39, 0.29) is 33.9 Å². The monoisotopic (exact) mass is 460 g/mol. The van der Waals surface area contributed by atoms with Crippen molar-refractivity contribution in [3.63, 3.8) is 0 Å². The fourth-order valence-electron chi connectivity index (χ4n) is 3.53. The van der Waals surface area contributed by atoms with E-state index in [1.54, 1.807) is 24.3 Å². The van der Waals surface area contributed by atoms with E-state index in [9.17, 15) is 19.2 Å². The third-order valence-electron chi connectivity index (χ3n) is 5.29. The molecule has 3 amide bonds. The molecule has 0 aliphatic carbocycles. The summed E-state index contributed by atoms with van der Waals surface area (Å²) in [5.74, 6) is -2.10. The van der Waals surface area contributed by atoms with Crippen molar-refractivity contribution in [2.75, 3.05) is 23.9 Å². The van der Waals surface area contributed by atoms with Gasteiger partial charge in [-0.25, -0.2) is 24.2 Å². The Morgan fingerprint density at radius 2 is 1.68 bits per heavy atom. The minimum Gasteiger partial charge on any atom is -0.478 e. The van der Waals surface area contributed by atoms with Crippen molar-refractivity contribution >= 4 is 46.4 Å². The lowest BCUT2D eigenvalue weighted by Gasteiger charge is -2.24. The van der Waals surface area contributed by atoms with Crippen molar-refractivity contribution in [1.82, 2.24) is 9.78 Å². The number of nitrogens with two attached hydrogens (primary N) is 1. The number of aromatic nitrogens is 2. The van der Waals surface area contributed by atoms with Crippen LogP contribution in [0.3, 0.4) is 0 Å². The lowest BCUT2D eigenvalue weighted by atomic mass is 9.99. The molecule has 11 nitrogen and oxygen atoms in total. The molecule has 0 saturated heterocycles. The van der Waals surface area contributed by atoms with E-state index in [2.05, 4.69) is 16.7 Å². The fourth-order valence-corrected chi connectivity index (χ4v) is 3.53. The second-order valence-corrected chi connectivity index (χ2v) is 7.66. The van der Waals surface area contributed by atoms with Gasteiger partial charge in [0.2, 0.25) is 0 Å². The highest BCUT2D eigenvalue weighted by molar-refractivity contribution is 6.63. The van der Waals surface area contributed by atoms with Crippen molar-refractivity contribution < 1.29 is 19.5 Å². The zero-order chi connectivity index (χ0) is 24.7. The first-order valence-electron chi connectivity index (χ1n) is 9.98. The number of aliphatic imine (C=N–C) groups is 1. The number of carboxylic acids is 1. The Balaban J connectivity index is 1.84. The molecule has 4 rings (SSSR count). The van der Waals surface area contributed by atoms with Crippen molar-refractivity contribution in [1.29, 1.82) is 0 Å². The SMILES string of the molecule is C=C1C(=Nc2ccc(N(C)C)cc2)C(=O)N(C(N)=O)c2[nH]n(-c3ccc(C(=O)O)cc3)c(=O)c21. The molecule has 172 valence electrons. The van der Waals surface area contributed by atoms with E-state index in [1.165, 1.54) is 24.3 Å². The zero-order valence-corrected chi connectivity index (χ0v) is 18.3. The van der Waals surface area contributed by atoms with Gasteiger partial charge in [-0.05, 0) is 48.5 Å². The highest BCUT2D eigenvalue weighted by Crippen LogP contribution is 2.31. The molecule has 1 aromatic heterocycles. The Bertz CT molecular complexity index is 1430. The van der Waals surface area contributed by atoms with Gasteiger partial charge in [0.15, 0.2) is 5.82 Å². The second-order valence-electron chi connectivity index (χ2n) is 7.66. The van der Waals surface area contributed by atoms with Gasteiger partial charge in [0.05, 0.1) is 22.5 Å². The summed E-state index contributed by atoms with van der Waals surface area (Å²) >= 11 is 0. The average molecular weight is 460 g/mol. The van der Waals surface area contributed by atoms with Gasteiger partial charge in [0.25, 0.3) is 11.5 Å². The summed E-state index contributed by atoms with van der Waals surface area (Å²) in [7, 11) is 3.76. The van der Waals surface area contributed by atoms with E-state index in [4.69, 9.17) is 10.8 Å². The number of fused-ring (bicyclic) bond motifs is 1. The van der Waals surface area contributed by atoms with E-state index < -0.39 is 23.5 Å². The van der Waals surface area contributed by atoms with Crippen LogP contribution in [0.15, 0.2) is 64.9 Å². The number of H-pyrrole nitrogens is 1. The first kappa shape index (κ1) is 22.3. The van der Waals surface area contributed by atoms with Crippen LogP contribution in [0.1, 0.15) is 15.9 Å². The number of urea groups is 1. The molecule has 4 N–H and O–H groups in total. The number of imide groups is 1. The van der Waals surface area contributed by atoms with Crippen LogP contribution in [0.4, 0.5) is 22.0 Å². The van der Waals surface area contributed by atoms with Gasteiger partial charge >= 0.3 is 12.0 Å². The first-order valence-corrected chi connectivity index (χ1v) is 9.98. The standard InChI is InChI=1S/C23H20N6O5/c1-12-17-19(26-29(20(17)30)16-8-4-13(5-9-16)22(32)33)28(23(24)34)21(31)18(12)25-14-6-10-15(11-7-14)27(2)3/h4-11,26H,1H2,2-3H3,(H2,24,34)(H,32,33). The van der Waals surface area contributed by atoms with Crippen molar-refractivity contribution in [3.8, 4) is 5.69 Å². The summed E-state index contributed by atoms with van der Waals surface area (Å²) in [6.07, 6.45) is 0. The summed E-state index contributed by atoms with van der Waals surface area (Å²) in [4.78, 5) is 56.5. The van der Waals surface area contributed by atoms with E-state index in [0.29, 0.717) is 10.6 Å². The van der Waals surface area contributed by atoms with Crippen LogP contribution < -0.4 is 21.1 Å². The van der Waals surface area contributed by atoms with Gasteiger partial charge in [-0.2, -0.15) is 0 Å². The summed E-state index contributed by atoms with van der Waals surface area (Å²) in [6, 6.07) is 11.3. The van der Waals surface area contributed by atoms with Crippen molar-refractivity contribution in [3.05, 3.63) is 76.6 Å². The Hall–Kier alpha value is -4.93. The van der Waals surface area contributed by atoms with Gasteiger partial charge in [-0.15, -0.1) is 0 Å². The number of nitrogens with zero attached hydrogens (tertiary/aromatic N) is 4. The maximum Gasteiger partial charge on any atom is 0.335 e. The number of hydrogen-bond donors (Lipinski definition) is 3. The predicted molar refractivity (Wildman–Crippen MR) is 127 cm³/mol. The highest BCUT2D eigenvalue weighted by Gasteiger charge is 2.40. The molecule has 0 radical (unpaired) electrons. The summed E-state index contributed by atoms with van der Waals surface area (Å²) in [5.41, 5.74) is 6.27. The minimum atomic E-state index is -1.12. The number of nitrogens with one attached hydrogen (secondary N) is 1. The van der Waals surface area contributed by atoms with E-state index >= 15 is 0 Å². The van der Waals surface area contributed by atoms with Gasteiger partial charge in [0, 0.05) is 25.4 Å². The number of benzene rings is 2. The van der Waals surface area contributed by atoms with Crippen LogP contribution in [-0.4, -0.2) is 52.6 Å². The average Bonchev–Trinajstić information content (AvgIpc) is 3.13. The van der Waals surface area contributed by atoms with Crippen LogP contribution in [0.25, 0.3) is 11.3 Å². The van der Waals surface area contributed by atoms with Gasteiger partial charge in [0.1, 0.15) is 5.71 Å². The number of aromatic carboxylic acids is 1. The largest absolute Gasteiger partial charge is 0.478 e. The van der Waals surface area contributed by atoms with Crippen LogP contribution in [0.5, 0.6) is 0 Å². The molecule has 0 fully saturated rings. The Kier molecular flexibility index (Phi) is 5.37. The van der Waals surface area contributed by atoms with Crippen LogP contribution in [0.2, 0.25) is 0 Å². The van der Waals surface area contributed by atoms with E-state index in [1.807, 2.05) is 19.0 Å². The smallest absolute Gasteiger partial charge is 0.335 e. The van der Waals surface area contributed by atoms with Crippen LogP contribution in [-0.2, 0) is 4.79 Å². The van der Waals surface area contributed by atoms with Crippen molar-refractivity contribution in [2.24, 2.45) is 10.7 Å². The van der Waals surface area contributed by atoms with Gasteiger partial charge in [-0.1, -0.05) is 6.58 Å². The maximum atomic E-state index is 13.2. The summed E-state index contributed by atoms with van der Waals surface area (Å²) < 4.78 is 1.07. The number of anilines is 2. The summed E-state index contributed by atoms with van der Waals surface area (Å²) in [6.45, 7) is 3.88. The third kappa shape index (κ3) is 3.64. The van der Waals surface area contributed by atoms with Gasteiger partial charge in [-0.3, -0.25) is 14.7 Å². The molecule has 0 bridgehead atoms. The molecular weight excluding hydrogens is 440 g/mol. The molecule has 2 heterocycles. The van der Waals surface area contributed by atoms with Crippen molar-refractivity contribution in [2.45, 2.75) is 0 Å². The first-order chi connectivity index (χ1) is 16.1. The Morgan fingerprint density at radius 3 is 2.21 bits per heavy atom. The molecule has 1 aliphatic rings. The minimum absolute atomic E-state index is 0.0244. The summed E-state index contributed by atoms with van der Waals surface area (Å²) in [5, 5.41) is 11.8. The molecule has 2 aromatic carbocycles. The number of amides is 3. The lowest BCUT2D eigenvalue weighted by Crippen LogP contribution is -2.48. The molecule has 0 unspecified atom stereocenters. The number of carboxylic acid groups (broad SMARTS) is 1. The quantitative estimate of drug-likeness (QED) is 0.542. The lowest BCUT2D eigenvalue weighted by molar-refractivity contribution is -0.111. The van der Waals surface area contributed by atoms with Crippen LogP contribution >= 0.6 is 0 Å². The van der Waals surface area contributed by atoms with Crippen LogP contribution in [0, 0.1) is 0 Å². The Labute approximate surface area is 193 Å². The second kappa shape index (κ2) is 8.20. The molecular formula is C23H20N6O5. The molecule has 0 saturated carbocycles. The molecule has 0 spiro atoms. The number of primary amides is 1. The van der Waals surface area contributed by atoms with Gasteiger partial charge < -0.3 is 15.7 Å².